The van der Waals surface area contributed by atoms with E-state index in [9.17, 15) is 13.2 Å². The van der Waals surface area contributed by atoms with Gasteiger partial charge in [-0.15, -0.1) is 0 Å². The van der Waals surface area contributed by atoms with Crippen molar-refractivity contribution in [2.24, 2.45) is 5.14 Å². The van der Waals surface area contributed by atoms with Crippen molar-refractivity contribution < 1.29 is 17.9 Å². The van der Waals surface area contributed by atoms with Crippen molar-refractivity contribution >= 4 is 38.7 Å². The highest BCUT2D eigenvalue weighted by Crippen LogP contribution is 2.35. The number of nitrogens with zero attached hydrogens (tertiary/aromatic N) is 2. The summed E-state index contributed by atoms with van der Waals surface area (Å²) in [7, 11) is -0.439. The molecule has 8 nitrogen and oxygen atoms in total. The Balaban J connectivity index is 2.04. The molecule has 28 heavy (non-hydrogen) atoms. The molecule has 0 unspecified atom stereocenters. The van der Waals surface area contributed by atoms with Crippen LogP contribution in [-0.2, 0) is 21.4 Å². The fourth-order valence-corrected chi connectivity index (χ4v) is 3.44. The van der Waals surface area contributed by atoms with Gasteiger partial charge in [-0.3, -0.25) is 9.78 Å². The maximum Gasteiger partial charge on any atom is 0.238 e. The third-order valence-corrected chi connectivity index (χ3v) is 5.27. The zero-order valence-corrected chi connectivity index (χ0v) is 16.2. The average Bonchev–Trinajstić information content (AvgIpc) is 2.70. The molecule has 0 saturated carbocycles. The van der Waals surface area contributed by atoms with Crippen molar-refractivity contribution in [3.8, 4) is 5.75 Å². The summed E-state index contributed by atoms with van der Waals surface area (Å²) in [5.41, 5.74) is 2.79. The van der Waals surface area contributed by atoms with Gasteiger partial charge in [0.1, 0.15) is 5.75 Å². The Morgan fingerprint density at radius 3 is 2.50 bits per heavy atom. The molecule has 3 rings (SSSR count). The number of ether oxygens (including phenoxy) is 1. The van der Waals surface area contributed by atoms with Gasteiger partial charge in [0.2, 0.25) is 16.4 Å². The van der Waals surface area contributed by atoms with Crippen molar-refractivity contribution in [1.82, 2.24) is 4.98 Å². The van der Waals surface area contributed by atoms with Crippen LogP contribution in [0.2, 0.25) is 0 Å². The highest BCUT2D eigenvalue weighted by molar-refractivity contribution is 7.89. The summed E-state index contributed by atoms with van der Waals surface area (Å²) < 4.78 is 28.1. The quantitative estimate of drug-likeness (QED) is 0.587. The molecule has 3 N–H and O–H groups in total. The Bertz CT molecular complexity index is 1110. The Labute approximate surface area is 163 Å². The number of carbonyl (C=O) groups excluding carboxylic acids is 1. The predicted octanol–water partition coefficient (Wildman–Crippen LogP) is 2.10. The van der Waals surface area contributed by atoms with Gasteiger partial charge in [0.25, 0.3) is 0 Å². The monoisotopic (exact) mass is 400 g/mol. The molecular formula is C19H20N4O4S. The molecule has 0 fully saturated rings. The second kappa shape index (κ2) is 7.83. The normalized spacial score (nSPS) is 11.2. The number of hydrogen-bond acceptors (Lipinski definition) is 6. The smallest absolute Gasteiger partial charge is 0.238 e. The van der Waals surface area contributed by atoms with Crippen LogP contribution in [-0.4, -0.2) is 34.0 Å². The van der Waals surface area contributed by atoms with E-state index in [0.29, 0.717) is 22.6 Å². The van der Waals surface area contributed by atoms with E-state index in [1.165, 1.54) is 17.0 Å². The number of sulfonamides is 1. The number of anilines is 2. The first-order chi connectivity index (χ1) is 13.4. The lowest BCUT2D eigenvalue weighted by Crippen LogP contribution is -2.22. The molecule has 0 saturated heterocycles. The number of pyridine rings is 1. The second-order valence-corrected chi connectivity index (χ2v) is 7.64. The van der Waals surface area contributed by atoms with Gasteiger partial charge in [-0.25, -0.2) is 13.6 Å². The highest BCUT2D eigenvalue weighted by Gasteiger charge is 2.17. The van der Waals surface area contributed by atoms with Crippen LogP contribution >= 0.6 is 0 Å². The third kappa shape index (κ3) is 3.90. The van der Waals surface area contributed by atoms with Crippen LogP contribution in [0, 0.1) is 0 Å². The molecule has 0 aliphatic carbocycles. The molecule has 0 atom stereocenters. The van der Waals surface area contributed by atoms with Crippen molar-refractivity contribution in [1.29, 1.82) is 0 Å². The molecule has 0 aliphatic heterocycles. The summed E-state index contributed by atoms with van der Waals surface area (Å²) in [6.45, 7) is 0.244. The summed E-state index contributed by atoms with van der Waals surface area (Å²) in [4.78, 5) is 17.9. The number of amides is 1. The zero-order chi connectivity index (χ0) is 20.3. The molecule has 146 valence electrons. The first-order valence-corrected chi connectivity index (χ1v) is 9.90. The van der Waals surface area contributed by atoms with Crippen molar-refractivity contribution in [2.45, 2.75) is 11.4 Å². The van der Waals surface area contributed by atoms with E-state index in [0.717, 1.165) is 17.4 Å². The van der Waals surface area contributed by atoms with Crippen molar-refractivity contribution in [3.63, 3.8) is 0 Å². The van der Waals surface area contributed by atoms with E-state index >= 15 is 0 Å². The topological polar surface area (TPSA) is 115 Å². The number of carbonyl (C=O) groups is 1. The largest absolute Gasteiger partial charge is 0.497 e. The van der Waals surface area contributed by atoms with Gasteiger partial charge >= 0.3 is 0 Å². The maximum absolute atomic E-state index is 11.9. The Kier molecular flexibility index (Phi) is 5.48. The van der Waals surface area contributed by atoms with E-state index in [2.05, 4.69) is 10.3 Å². The second-order valence-electron chi connectivity index (χ2n) is 6.08. The average molecular weight is 400 g/mol. The molecular weight excluding hydrogens is 380 g/mol. The van der Waals surface area contributed by atoms with E-state index in [-0.39, 0.29) is 11.4 Å². The molecule has 0 bridgehead atoms. The number of aromatic nitrogens is 1. The van der Waals surface area contributed by atoms with E-state index in [4.69, 9.17) is 9.88 Å². The number of hydrogen-bond donors (Lipinski definition) is 2. The van der Waals surface area contributed by atoms with Crippen LogP contribution < -0.4 is 20.1 Å². The molecule has 1 aromatic heterocycles. The number of nitrogens with one attached hydrogen (secondary N) is 1. The van der Waals surface area contributed by atoms with Crippen LogP contribution in [0.4, 0.5) is 11.4 Å². The van der Waals surface area contributed by atoms with Gasteiger partial charge in [0, 0.05) is 18.5 Å². The van der Waals surface area contributed by atoms with Gasteiger partial charge in [0.15, 0.2) is 0 Å². The minimum Gasteiger partial charge on any atom is -0.497 e. The molecule has 1 amide bonds. The van der Waals surface area contributed by atoms with E-state index in [1.807, 2.05) is 6.07 Å². The van der Waals surface area contributed by atoms with Gasteiger partial charge in [0.05, 0.1) is 41.6 Å². The first-order valence-electron chi connectivity index (χ1n) is 8.35. The van der Waals surface area contributed by atoms with Crippen LogP contribution in [0.3, 0.4) is 0 Å². The lowest BCUT2D eigenvalue weighted by Gasteiger charge is -2.23. The molecule has 9 heteroatoms. The van der Waals surface area contributed by atoms with E-state index < -0.39 is 10.0 Å². The lowest BCUT2D eigenvalue weighted by molar-refractivity contribution is -0.107. The van der Waals surface area contributed by atoms with Crippen molar-refractivity contribution in [3.05, 3.63) is 54.2 Å². The van der Waals surface area contributed by atoms with Crippen LogP contribution in [0.15, 0.2) is 53.6 Å². The fraction of sp³-hybridized carbons (Fsp3) is 0.158. The highest BCUT2D eigenvalue weighted by atomic mass is 32.2. The van der Waals surface area contributed by atoms with E-state index in [1.54, 1.807) is 44.6 Å². The molecule has 0 aliphatic rings. The SMILES string of the molecule is CNc1cnc2cc(OC)ccc2c1N(C=O)Cc1ccc(S(N)(=O)=O)cc1. The Morgan fingerprint density at radius 2 is 1.93 bits per heavy atom. The molecule has 2 aromatic carbocycles. The number of nitrogens with two attached hydrogens (primary N) is 1. The molecule has 1 heterocycles. The summed E-state index contributed by atoms with van der Waals surface area (Å²) in [5, 5.41) is 8.96. The van der Waals surface area contributed by atoms with Crippen molar-refractivity contribution in [2.75, 3.05) is 24.4 Å². The number of benzene rings is 2. The zero-order valence-electron chi connectivity index (χ0n) is 15.4. The number of primary sulfonamides is 1. The first kappa shape index (κ1) is 19.6. The van der Waals surface area contributed by atoms with Crippen LogP contribution in [0.25, 0.3) is 10.9 Å². The third-order valence-electron chi connectivity index (χ3n) is 4.34. The Hall–Kier alpha value is -3.17. The number of fused-ring (bicyclic) bond motifs is 1. The molecule has 0 spiro atoms. The molecule has 0 radical (unpaired) electrons. The lowest BCUT2D eigenvalue weighted by atomic mass is 10.1. The maximum atomic E-state index is 11.9. The minimum absolute atomic E-state index is 0.0197. The van der Waals surface area contributed by atoms with Gasteiger partial charge < -0.3 is 15.0 Å². The van der Waals surface area contributed by atoms with Crippen LogP contribution in [0.1, 0.15) is 5.56 Å². The summed E-state index contributed by atoms with van der Waals surface area (Å²) in [6.07, 6.45) is 2.38. The predicted molar refractivity (Wildman–Crippen MR) is 108 cm³/mol. The van der Waals surface area contributed by atoms with Crippen LogP contribution in [0.5, 0.6) is 5.75 Å². The van der Waals surface area contributed by atoms with Gasteiger partial charge in [-0.1, -0.05) is 12.1 Å². The minimum atomic E-state index is -3.77. The number of methoxy groups -OCH3 is 1. The van der Waals surface area contributed by atoms with Gasteiger partial charge in [-0.05, 0) is 29.8 Å². The standard InChI is InChI=1S/C19H20N4O4S/c1-21-18-10-22-17-9-14(27-2)5-8-16(17)19(18)23(12-24)11-13-3-6-15(7-4-13)28(20,25)26/h3-10,12,21H,11H2,1-2H3,(H2,20,25,26). The Morgan fingerprint density at radius 1 is 1.21 bits per heavy atom. The van der Waals surface area contributed by atoms with Gasteiger partial charge in [-0.2, -0.15) is 0 Å². The summed E-state index contributed by atoms with van der Waals surface area (Å²) in [6, 6.07) is 11.5. The summed E-state index contributed by atoms with van der Waals surface area (Å²) in [5.74, 6) is 0.666. The molecule has 3 aromatic rings. The number of rotatable bonds is 7. The summed E-state index contributed by atoms with van der Waals surface area (Å²) >= 11 is 0. The fourth-order valence-electron chi connectivity index (χ4n) is 2.93.